The summed E-state index contributed by atoms with van der Waals surface area (Å²) in [6.07, 6.45) is 1.19. The number of ketones is 1. The molecule has 1 saturated carbocycles. The van der Waals surface area contributed by atoms with Crippen LogP contribution in [0.25, 0.3) is 0 Å². The van der Waals surface area contributed by atoms with E-state index in [2.05, 4.69) is 9.97 Å². The van der Waals surface area contributed by atoms with Gasteiger partial charge in [0.15, 0.2) is 5.78 Å². The van der Waals surface area contributed by atoms with Crippen molar-refractivity contribution >= 4 is 23.3 Å². The van der Waals surface area contributed by atoms with Crippen LogP contribution in [-0.4, -0.2) is 34.4 Å². The first-order chi connectivity index (χ1) is 13.2. The number of nitrogens with one attached hydrogen (secondary N) is 1. The van der Waals surface area contributed by atoms with Gasteiger partial charge in [-0.15, -0.1) is 0 Å². The normalized spacial score (nSPS) is 15.6. The molecule has 1 N–H and O–H groups in total. The van der Waals surface area contributed by atoms with Crippen molar-refractivity contribution in [2.75, 3.05) is 6.54 Å². The van der Waals surface area contributed by atoms with E-state index in [0.717, 1.165) is 24.8 Å². The van der Waals surface area contributed by atoms with Gasteiger partial charge in [-0.05, 0) is 30.5 Å². The molecule has 0 atom stereocenters. The molecule has 5 nitrogen and oxygen atoms in total. The molecule has 0 aliphatic heterocycles. The Hall–Kier alpha value is -2.48. The maximum atomic E-state index is 12.2. The second-order valence-electron chi connectivity index (χ2n) is 6.81. The molecule has 9 heteroatoms. The number of Topliss-reactive ketones (excluding diaryl/α,β-unsaturated/α-hetero) is 1. The molecular weight excluding hydrogens is 395 g/mol. The Morgan fingerprint density at radius 3 is 2.21 bits per heavy atom. The van der Waals surface area contributed by atoms with Gasteiger partial charge in [0.1, 0.15) is 5.82 Å². The van der Waals surface area contributed by atoms with E-state index in [0.29, 0.717) is 17.3 Å². The van der Waals surface area contributed by atoms with Gasteiger partial charge in [0.05, 0.1) is 12.1 Å². The molecule has 3 rings (SSSR count). The molecule has 0 saturated heterocycles. The highest BCUT2D eigenvalue weighted by atomic mass is 35.5. The lowest BCUT2D eigenvalue weighted by atomic mass is 9.62. The number of alkyl halides is 3. The highest BCUT2D eigenvalue weighted by Crippen LogP contribution is 2.45. The molecule has 148 valence electrons. The third-order valence-corrected chi connectivity index (χ3v) is 5.21. The van der Waals surface area contributed by atoms with Crippen LogP contribution in [0.4, 0.5) is 13.2 Å². The summed E-state index contributed by atoms with van der Waals surface area (Å²) in [6.45, 7) is -0.768. The van der Waals surface area contributed by atoms with Crippen LogP contribution in [0.3, 0.4) is 0 Å². The standard InChI is InChI=1S/C19H17ClF3N3O2/c20-14-4-2-13(3-5-14)18(6-1-7-18)8-16-24-9-12(10-25-16)15(27)11-26-17(28)19(21,22)23/h2-5,9-10H,1,6-8,11H2,(H,26,28). The average Bonchev–Trinajstić information content (AvgIpc) is 2.63. The number of amides is 1. The average molecular weight is 412 g/mol. The molecule has 1 aromatic heterocycles. The fraction of sp³-hybridized carbons (Fsp3) is 0.368. The van der Waals surface area contributed by atoms with E-state index in [-0.39, 0.29) is 11.0 Å². The predicted molar refractivity (Wildman–Crippen MR) is 96.1 cm³/mol. The third kappa shape index (κ3) is 4.49. The summed E-state index contributed by atoms with van der Waals surface area (Å²) in [5, 5.41) is 2.20. The molecule has 0 unspecified atom stereocenters. The summed E-state index contributed by atoms with van der Waals surface area (Å²) in [6, 6.07) is 7.66. The summed E-state index contributed by atoms with van der Waals surface area (Å²) in [7, 11) is 0. The zero-order chi connectivity index (χ0) is 20.4. The highest BCUT2D eigenvalue weighted by molar-refractivity contribution is 6.30. The second kappa shape index (κ2) is 7.87. The SMILES string of the molecule is O=C(CNC(=O)C(F)(F)F)c1cnc(CC2(c3ccc(Cl)cc3)CCC2)nc1. The largest absolute Gasteiger partial charge is 0.471 e. The maximum absolute atomic E-state index is 12.2. The number of carbonyl (C=O) groups is 2. The van der Waals surface area contributed by atoms with E-state index >= 15 is 0 Å². The maximum Gasteiger partial charge on any atom is 0.471 e. The molecule has 0 spiro atoms. The van der Waals surface area contributed by atoms with Crippen LogP contribution in [0, 0.1) is 0 Å². The molecule has 1 aromatic carbocycles. The number of aromatic nitrogens is 2. The van der Waals surface area contributed by atoms with E-state index in [1.807, 2.05) is 24.3 Å². The van der Waals surface area contributed by atoms with E-state index in [1.165, 1.54) is 17.7 Å². The van der Waals surface area contributed by atoms with Crippen LogP contribution in [-0.2, 0) is 16.6 Å². The summed E-state index contributed by atoms with van der Waals surface area (Å²) in [4.78, 5) is 31.1. The Labute approximate surface area is 164 Å². The Bertz CT molecular complexity index is 863. The molecule has 1 aliphatic carbocycles. The lowest BCUT2D eigenvalue weighted by molar-refractivity contribution is -0.173. The lowest BCUT2D eigenvalue weighted by Crippen LogP contribution is -2.39. The zero-order valence-electron chi connectivity index (χ0n) is 14.7. The first-order valence-electron chi connectivity index (χ1n) is 8.65. The minimum atomic E-state index is -5.03. The predicted octanol–water partition coefficient (Wildman–Crippen LogP) is 3.66. The number of carbonyl (C=O) groups excluding carboxylic acids is 2. The van der Waals surface area contributed by atoms with Crippen LogP contribution in [0.1, 0.15) is 41.0 Å². The molecule has 1 aliphatic rings. The van der Waals surface area contributed by atoms with Crippen molar-refractivity contribution in [3.63, 3.8) is 0 Å². The van der Waals surface area contributed by atoms with Gasteiger partial charge in [-0.2, -0.15) is 13.2 Å². The Morgan fingerprint density at radius 2 is 1.71 bits per heavy atom. The monoisotopic (exact) mass is 411 g/mol. The number of rotatable bonds is 6. The van der Waals surface area contributed by atoms with Crippen LogP contribution in [0.5, 0.6) is 0 Å². The van der Waals surface area contributed by atoms with Gasteiger partial charge in [-0.25, -0.2) is 9.97 Å². The van der Waals surface area contributed by atoms with Crippen LogP contribution >= 0.6 is 11.6 Å². The second-order valence-corrected chi connectivity index (χ2v) is 7.25. The number of halogens is 4. The molecule has 1 amide bonds. The number of nitrogens with zero attached hydrogens (tertiary/aromatic N) is 2. The van der Waals surface area contributed by atoms with Crippen molar-refractivity contribution in [1.82, 2.24) is 15.3 Å². The number of hydrogen-bond acceptors (Lipinski definition) is 4. The van der Waals surface area contributed by atoms with Gasteiger partial charge >= 0.3 is 12.1 Å². The topological polar surface area (TPSA) is 72.0 Å². The fourth-order valence-electron chi connectivity index (χ4n) is 3.23. The third-order valence-electron chi connectivity index (χ3n) is 4.96. The Morgan fingerprint density at radius 1 is 1.11 bits per heavy atom. The molecule has 0 bridgehead atoms. The smallest absolute Gasteiger partial charge is 0.341 e. The van der Waals surface area contributed by atoms with Gasteiger partial charge in [-0.3, -0.25) is 9.59 Å². The van der Waals surface area contributed by atoms with E-state index in [4.69, 9.17) is 11.6 Å². The van der Waals surface area contributed by atoms with E-state index in [1.54, 1.807) is 0 Å². The van der Waals surface area contributed by atoms with E-state index in [9.17, 15) is 22.8 Å². The van der Waals surface area contributed by atoms with Gasteiger partial charge in [0.25, 0.3) is 0 Å². The molecular formula is C19H17ClF3N3O2. The van der Waals surface area contributed by atoms with Crippen molar-refractivity contribution in [2.24, 2.45) is 0 Å². The molecule has 0 radical (unpaired) electrons. The fourth-order valence-corrected chi connectivity index (χ4v) is 3.36. The first kappa shape index (κ1) is 20.3. The number of hydrogen-bond donors (Lipinski definition) is 1. The van der Waals surface area contributed by atoms with Gasteiger partial charge in [-0.1, -0.05) is 30.2 Å². The van der Waals surface area contributed by atoms with Gasteiger partial charge < -0.3 is 5.32 Å². The Kier molecular flexibility index (Phi) is 5.69. The molecule has 2 aromatic rings. The minimum Gasteiger partial charge on any atom is -0.341 e. The van der Waals surface area contributed by atoms with Crippen LogP contribution in [0.2, 0.25) is 5.02 Å². The molecule has 1 fully saturated rings. The minimum absolute atomic E-state index is 0.0420. The van der Waals surface area contributed by atoms with Gasteiger partial charge in [0, 0.05) is 29.3 Å². The summed E-state index contributed by atoms with van der Waals surface area (Å²) < 4.78 is 36.5. The van der Waals surface area contributed by atoms with Crippen molar-refractivity contribution < 1.29 is 22.8 Å². The number of benzene rings is 1. The van der Waals surface area contributed by atoms with Gasteiger partial charge in [0.2, 0.25) is 0 Å². The lowest BCUT2D eigenvalue weighted by Gasteiger charge is -2.42. The van der Waals surface area contributed by atoms with Crippen molar-refractivity contribution in [1.29, 1.82) is 0 Å². The summed E-state index contributed by atoms with van der Waals surface area (Å²) >= 11 is 5.96. The molecule has 28 heavy (non-hydrogen) atoms. The van der Waals surface area contributed by atoms with Crippen LogP contribution < -0.4 is 5.32 Å². The summed E-state index contributed by atoms with van der Waals surface area (Å²) in [5.41, 5.74) is 1.12. The molecule has 1 heterocycles. The first-order valence-corrected chi connectivity index (χ1v) is 9.03. The van der Waals surface area contributed by atoms with Crippen molar-refractivity contribution in [3.05, 3.63) is 58.6 Å². The van der Waals surface area contributed by atoms with Crippen LogP contribution in [0.15, 0.2) is 36.7 Å². The van der Waals surface area contributed by atoms with Crippen molar-refractivity contribution in [2.45, 2.75) is 37.3 Å². The highest BCUT2D eigenvalue weighted by Gasteiger charge is 2.40. The quantitative estimate of drug-likeness (QED) is 0.736. The van der Waals surface area contributed by atoms with E-state index < -0.39 is 24.4 Å². The van der Waals surface area contributed by atoms with Crippen molar-refractivity contribution in [3.8, 4) is 0 Å². The zero-order valence-corrected chi connectivity index (χ0v) is 15.5. The Balaban J connectivity index is 1.65. The summed E-state index contributed by atoms with van der Waals surface area (Å²) in [5.74, 6) is -2.31.